The number of thioether (sulfide) groups is 1. The Morgan fingerprint density at radius 1 is 1.24 bits per heavy atom. The van der Waals surface area contributed by atoms with Crippen molar-refractivity contribution >= 4 is 34.5 Å². The van der Waals surface area contributed by atoms with Crippen LogP contribution >= 0.6 is 11.8 Å². The fraction of sp³-hybridized carbons (Fsp3) is 0.300. The van der Waals surface area contributed by atoms with Crippen molar-refractivity contribution < 1.29 is 9.21 Å². The van der Waals surface area contributed by atoms with Crippen molar-refractivity contribution in [1.82, 2.24) is 4.98 Å². The van der Waals surface area contributed by atoms with Gasteiger partial charge in [-0.15, -0.1) is 11.8 Å². The van der Waals surface area contributed by atoms with Gasteiger partial charge in [0.05, 0.1) is 5.25 Å². The number of fused-ring (bicyclic) bond motifs is 2. The topological polar surface area (TPSA) is 55.1 Å². The molecule has 2 heterocycles. The molecule has 0 bridgehead atoms. The molecule has 0 spiro atoms. The predicted molar refractivity (Wildman–Crippen MR) is 101 cm³/mol. The van der Waals surface area contributed by atoms with Crippen LogP contribution in [0, 0.1) is 0 Å². The Bertz CT molecular complexity index is 931. The summed E-state index contributed by atoms with van der Waals surface area (Å²) >= 11 is 1.63. The minimum Gasteiger partial charge on any atom is -0.440 e. The van der Waals surface area contributed by atoms with Gasteiger partial charge in [0, 0.05) is 16.0 Å². The summed E-state index contributed by atoms with van der Waals surface area (Å²) in [6.07, 6.45) is 0.771. The number of amides is 1. The number of benzene rings is 2. The maximum absolute atomic E-state index is 12.6. The Balaban J connectivity index is 1.52. The lowest BCUT2D eigenvalue weighted by Gasteiger charge is -2.11. The van der Waals surface area contributed by atoms with Gasteiger partial charge < -0.3 is 9.73 Å². The molecule has 4 nitrogen and oxygen atoms in total. The van der Waals surface area contributed by atoms with E-state index in [0.29, 0.717) is 5.89 Å². The first-order valence-electron chi connectivity index (χ1n) is 8.37. The van der Waals surface area contributed by atoms with Gasteiger partial charge in [-0.3, -0.25) is 4.79 Å². The highest BCUT2D eigenvalue weighted by molar-refractivity contribution is 8.01. The van der Waals surface area contributed by atoms with E-state index in [1.54, 1.807) is 11.8 Å². The number of rotatable bonds is 2. The number of aromatic nitrogens is 1. The minimum absolute atomic E-state index is 0.0279. The number of hydrogen-bond acceptors (Lipinski definition) is 4. The monoisotopic (exact) mass is 352 g/mol. The fourth-order valence-electron chi connectivity index (χ4n) is 2.88. The van der Waals surface area contributed by atoms with E-state index in [4.69, 9.17) is 4.42 Å². The Labute approximate surface area is 151 Å². The Kier molecular flexibility index (Phi) is 3.84. The Morgan fingerprint density at radius 3 is 2.80 bits per heavy atom. The molecule has 4 rings (SSSR count). The Morgan fingerprint density at radius 2 is 2.04 bits per heavy atom. The molecule has 3 aromatic rings. The molecule has 0 aliphatic carbocycles. The van der Waals surface area contributed by atoms with Crippen LogP contribution in [0.25, 0.3) is 11.1 Å². The molecule has 1 N–H and O–H groups in total. The quantitative estimate of drug-likeness (QED) is 0.721. The van der Waals surface area contributed by atoms with E-state index in [0.717, 1.165) is 23.2 Å². The van der Waals surface area contributed by atoms with Gasteiger partial charge in [-0.05, 0) is 36.2 Å². The molecule has 1 aliphatic heterocycles. The van der Waals surface area contributed by atoms with Crippen LogP contribution in [0.4, 0.5) is 5.69 Å². The molecule has 128 valence electrons. The van der Waals surface area contributed by atoms with Crippen LogP contribution in [-0.2, 0) is 16.6 Å². The van der Waals surface area contributed by atoms with Crippen molar-refractivity contribution in [3.8, 4) is 0 Å². The van der Waals surface area contributed by atoms with Crippen LogP contribution in [-0.4, -0.2) is 16.1 Å². The third-order valence-corrected chi connectivity index (χ3v) is 5.55. The first-order valence-corrected chi connectivity index (χ1v) is 9.24. The summed E-state index contributed by atoms with van der Waals surface area (Å²) in [4.78, 5) is 18.4. The summed E-state index contributed by atoms with van der Waals surface area (Å²) in [6.45, 7) is 6.19. The number of nitrogens with one attached hydrogen (secondary N) is 1. The van der Waals surface area contributed by atoms with Crippen molar-refractivity contribution in [3.63, 3.8) is 0 Å². The van der Waals surface area contributed by atoms with E-state index in [9.17, 15) is 4.79 Å². The molecule has 0 saturated heterocycles. The number of oxazole rings is 1. The lowest BCUT2D eigenvalue weighted by molar-refractivity contribution is -0.115. The van der Waals surface area contributed by atoms with Crippen LogP contribution < -0.4 is 5.32 Å². The maximum Gasteiger partial charge on any atom is 0.238 e. The van der Waals surface area contributed by atoms with E-state index in [-0.39, 0.29) is 16.6 Å². The standard InChI is InChI=1S/C20H20N2O2S/c1-20(2,3)19-22-14-11-13(8-9-15(14)24-19)21-18(23)17-10-12-6-4-5-7-16(12)25-17/h4-9,11,17H,10H2,1-3H3,(H,21,23)/t17-/m1/s1. The zero-order valence-electron chi connectivity index (χ0n) is 14.5. The van der Waals surface area contributed by atoms with E-state index in [1.165, 1.54) is 10.5 Å². The van der Waals surface area contributed by atoms with E-state index in [1.807, 2.05) is 30.3 Å². The number of anilines is 1. The van der Waals surface area contributed by atoms with E-state index < -0.39 is 0 Å². The van der Waals surface area contributed by atoms with Crippen LogP contribution in [0.15, 0.2) is 51.8 Å². The second-order valence-corrected chi connectivity index (χ2v) is 8.60. The Hall–Kier alpha value is -2.27. The maximum atomic E-state index is 12.6. The highest BCUT2D eigenvalue weighted by Gasteiger charge is 2.28. The number of carbonyl (C=O) groups is 1. The van der Waals surface area contributed by atoms with Gasteiger partial charge in [-0.25, -0.2) is 4.98 Å². The van der Waals surface area contributed by atoms with Crippen LogP contribution in [0.3, 0.4) is 0 Å². The van der Waals surface area contributed by atoms with Crippen LogP contribution in [0.5, 0.6) is 0 Å². The molecule has 1 aromatic heterocycles. The molecule has 0 unspecified atom stereocenters. The highest BCUT2D eigenvalue weighted by Crippen LogP contribution is 2.37. The molecule has 5 heteroatoms. The average molecular weight is 352 g/mol. The molecule has 0 saturated carbocycles. The third-order valence-electron chi connectivity index (χ3n) is 4.24. The first kappa shape index (κ1) is 16.2. The summed E-state index contributed by atoms with van der Waals surface area (Å²) in [6, 6.07) is 13.8. The van der Waals surface area contributed by atoms with Gasteiger partial charge in [-0.2, -0.15) is 0 Å². The lowest BCUT2D eigenvalue weighted by Crippen LogP contribution is -2.24. The molecule has 1 amide bonds. The molecule has 2 aromatic carbocycles. The SMILES string of the molecule is CC(C)(C)c1nc2cc(NC(=O)[C@H]3Cc4ccccc4S3)ccc2o1. The largest absolute Gasteiger partial charge is 0.440 e. The predicted octanol–water partition coefficient (Wildman–Crippen LogP) is 4.78. The average Bonchev–Trinajstić information content (AvgIpc) is 3.18. The van der Waals surface area contributed by atoms with Gasteiger partial charge in [0.15, 0.2) is 5.58 Å². The zero-order chi connectivity index (χ0) is 17.6. The molecule has 1 aliphatic rings. The van der Waals surface area contributed by atoms with Crippen molar-refractivity contribution in [3.05, 3.63) is 53.9 Å². The number of hydrogen-bond donors (Lipinski definition) is 1. The highest BCUT2D eigenvalue weighted by atomic mass is 32.2. The summed E-state index contributed by atoms with van der Waals surface area (Å²) in [5.74, 6) is 0.730. The lowest BCUT2D eigenvalue weighted by atomic mass is 9.97. The molecule has 0 fully saturated rings. The first-order chi connectivity index (χ1) is 11.9. The zero-order valence-corrected chi connectivity index (χ0v) is 15.3. The molecule has 0 radical (unpaired) electrons. The van der Waals surface area contributed by atoms with Gasteiger partial charge in [0.1, 0.15) is 5.52 Å². The van der Waals surface area contributed by atoms with E-state index >= 15 is 0 Å². The van der Waals surface area contributed by atoms with Crippen LogP contribution in [0.1, 0.15) is 32.2 Å². The van der Waals surface area contributed by atoms with Crippen molar-refractivity contribution in [2.45, 2.75) is 42.8 Å². The summed E-state index contributed by atoms with van der Waals surface area (Å²) in [7, 11) is 0. The molecular weight excluding hydrogens is 332 g/mol. The minimum atomic E-state index is -0.144. The molecule has 1 atom stereocenters. The second kappa shape index (κ2) is 5.92. The smallest absolute Gasteiger partial charge is 0.238 e. The second-order valence-electron chi connectivity index (χ2n) is 7.36. The van der Waals surface area contributed by atoms with Crippen LogP contribution in [0.2, 0.25) is 0 Å². The molecular formula is C20H20N2O2S. The van der Waals surface area contributed by atoms with Gasteiger partial charge >= 0.3 is 0 Å². The normalized spacial score (nSPS) is 16.8. The summed E-state index contributed by atoms with van der Waals surface area (Å²) < 4.78 is 5.81. The van der Waals surface area contributed by atoms with E-state index in [2.05, 4.69) is 43.2 Å². The summed E-state index contributed by atoms with van der Waals surface area (Å²) in [5.41, 5.74) is 3.36. The third kappa shape index (κ3) is 3.16. The van der Waals surface area contributed by atoms with Gasteiger partial charge in [0.25, 0.3) is 0 Å². The summed E-state index contributed by atoms with van der Waals surface area (Å²) in [5, 5.41) is 2.93. The number of nitrogens with zero attached hydrogens (tertiary/aromatic N) is 1. The van der Waals surface area contributed by atoms with Crippen molar-refractivity contribution in [2.75, 3.05) is 5.32 Å². The fourth-order valence-corrected chi connectivity index (χ4v) is 4.07. The number of carbonyl (C=O) groups excluding carboxylic acids is 1. The molecule has 25 heavy (non-hydrogen) atoms. The van der Waals surface area contributed by atoms with Crippen molar-refractivity contribution in [2.24, 2.45) is 0 Å². The van der Waals surface area contributed by atoms with Crippen molar-refractivity contribution in [1.29, 1.82) is 0 Å². The van der Waals surface area contributed by atoms with Gasteiger partial charge in [-0.1, -0.05) is 39.0 Å². The van der Waals surface area contributed by atoms with Gasteiger partial charge in [0.2, 0.25) is 11.8 Å².